The van der Waals surface area contributed by atoms with Crippen molar-refractivity contribution >= 4 is 14.1 Å². The van der Waals surface area contributed by atoms with Crippen LogP contribution in [-0.2, 0) is 4.79 Å². The highest BCUT2D eigenvalue weighted by Crippen LogP contribution is 2.10. The Bertz CT molecular complexity index is 240. The standard InChI is InChI=1S/C9H11BO/c1-7-2-4-8(5-3-7)9(10)6-11/h2-6,9H,10H2,1H3. The Morgan fingerprint density at radius 1 is 1.36 bits per heavy atom. The molecule has 0 radical (unpaired) electrons. The van der Waals surface area contributed by atoms with Crippen LogP contribution in [0.4, 0.5) is 0 Å². The van der Waals surface area contributed by atoms with Crippen molar-refractivity contribution in [2.45, 2.75) is 12.7 Å². The molecule has 0 saturated carbocycles. The first kappa shape index (κ1) is 8.06. The molecule has 0 aromatic heterocycles. The van der Waals surface area contributed by atoms with Crippen molar-refractivity contribution in [1.82, 2.24) is 0 Å². The van der Waals surface area contributed by atoms with Crippen molar-refractivity contribution in [3.05, 3.63) is 35.4 Å². The van der Waals surface area contributed by atoms with Crippen LogP contribution in [0.1, 0.15) is 16.9 Å². The zero-order chi connectivity index (χ0) is 8.27. The predicted molar refractivity (Wildman–Crippen MR) is 48.5 cm³/mol. The van der Waals surface area contributed by atoms with Crippen LogP contribution in [0.5, 0.6) is 0 Å². The van der Waals surface area contributed by atoms with Crippen LogP contribution in [0, 0.1) is 6.92 Å². The van der Waals surface area contributed by atoms with Crippen molar-refractivity contribution in [2.24, 2.45) is 0 Å². The average molecular weight is 146 g/mol. The average Bonchev–Trinajstić information content (AvgIpc) is 2.05. The van der Waals surface area contributed by atoms with Crippen molar-refractivity contribution in [3.63, 3.8) is 0 Å². The Hall–Kier alpha value is -1.05. The van der Waals surface area contributed by atoms with E-state index < -0.39 is 0 Å². The van der Waals surface area contributed by atoms with E-state index in [0.29, 0.717) is 0 Å². The lowest BCUT2D eigenvalue weighted by Crippen LogP contribution is -1.98. The lowest BCUT2D eigenvalue weighted by atomic mass is 9.82. The fraction of sp³-hybridized carbons (Fsp3) is 0.222. The molecule has 0 N–H and O–H groups in total. The lowest BCUT2D eigenvalue weighted by Gasteiger charge is -2.02. The van der Waals surface area contributed by atoms with Crippen LogP contribution < -0.4 is 0 Å². The first-order valence-corrected chi connectivity index (χ1v) is 3.76. The van der Waals surface area contributed by atoms with Crippen molar-refractivity contribution in [2.75, 3.05) is 0 Å². The number of benzene rings is 1. The number of aryl methyl sites for hydroxylation is 1. The summed E-state index contributed by atoms with van der Waals surface area (Å²) in [5, 5.41) is 0. The highest BCUT2D eigenvalue weighted by Gasteiger charge is 2.01. The van der Waals surface area contributed by atoms with E-state index in [2.05, 4.69) is 0 Å². The molecule has 0 aliphatic rings. The molecule has 0 aliphatic heterocycles. The SMILES string of the molecule is BC(C=O)c1ccc(C)cc1. The molecule has 1 atom stereocenters. The van der Waals surface area contributed by atoms with Crippen LogP contribution in [0.2, 0.25) is 0 Å². The first-order chi connectivity index (χ1) is 5.24. The van der Waals surface area contributed by atoms with Gasteiger partial charge in [-0.3, -0.25) is 0 Å². The Morgan fingerprint density at radius 2 is 1.91 bits per heavy atom. The highest BCUT2D eigenvalue weighted by atomic mass is 16.1. The molecule has 1 aromatic rings. The van der Waals surface area contributed by atoms with Gasteiger partial charge in [-0.2, -0.15) is 0 Å². The quantitative estimate of drug-likeness (QED) is 0.446. The van der Waals surface area contributed by atoms with Gasteiger partial charge in [-0.1, -0.05) is 29.8 Å². The van der Waals surface area contributed by atoms with Crippen LogP contribution in [0.3, 0.4) is 0 Å². The maximum Gasteiger partial charge on any atom is 0.120 e. The Morgan fingerprint density at radius 3 is 2.36 bits per heavy atom. The number of hydrogen-bond donors (Lipinski definition) is 0. The normalized spacial score (nSPS) is 12.5. The number of carbonyl (C=O) groups is 1. The maximum absolute atomic E-state index is 10.4. The Labute approximate surface area is 67.8 Å². The van der Waals surface area contributed by atoms with Crippen LogP contribution >= 0.6 is 0 Å². The molecule has 0 spiro atoms. The van der Waals surface area contributed by atoms with E-state index in [0.717, 1.165) is 11.8 Å². The molecule has 1 unspecified atom stereocenters. The van der Waals surface area contributed by atoms with Gasteiger partial charge < -0.3 is 4.79 Å². The number of aldehydes is 1. The molecule has 0 fully saturated rings. The Kier molecular flexibility index (Phi) is 2.47. The van der Waals surface area contributed by atoms with Crippen molar-refractivity contribution in [1.29, 1.82) is 0 Å². The van der Waals surface area contributed by atoms with E-state index in [1.807, 2.05) is 39.0 Å². The van der Waals surface area contributed by atoms with Crippen molar-refractivity contribution < 1.29 is 4.79 Å². The summed E-state index contributed by atoms with van der Waals surface area (Å²) in [7, 11) is 1.90. The van der Waals surface area contributed by atoms with Gasteiger partial charge >= 0.3 is 0 Å². The third-order valence-corrected chi connectivity index (χ3v) is 1.81. The van der Waals surface area contributed by atoms with Crippen LogP contribution in [0.15, 0.2) is 24.3 Å². The summed E-state index contributed by atoms with van der Waals surface area (Å²) in [5.41, 5.74) is 2.32. The number of rotatable bonds is 2. The molecular formula is C9H11BO. The van der Waals surface area contributed by atoms with Crippen LogP contribution in [-0.4, -0.2) is 14.1 Å². The predicted octanol–water partition coefficient (Wildman–Crippen LogP) is 0.868. The summed E-state index contributed by atoms with van der Waals surface area (Å²) in [6.45, 7) is 2.04. The third kappa shape index (κ3) is 1.94. The van der Waals surface area contributed by atoms with E-state index >= 15 is 0 Å². The molecule has 11 heavy (non-hydrogen) atoms. The van der Waals surface area contributed by atoms with Gasteiger partial charge in [-0.05, 0) is 12.5 Å². The van der Waals surface area contributed by atoms with E-state index in [1.165, 1.54) is 5.56 Å². The molecule has 1 nitrogen and oxygen atoms in total. The molecule has 0 bridgehead atoms. The third-order valence-electron chi connectivity index (χ3n) is 1.81. The van der Waals surface area contributed by atoms with Gasteiger partial charge in [0.25, 0.3) is 0 Å². The maximum atomic E-state index is 10.4. The molecular weight excluding hydrogens is 135 g/mol. The zero-order valence-corrected chi connectivity index (χ0v) is 6.87. The number of hydrogen-bond acceptors (Lipinski definition) is 1. The second-order valence-corrected chi connectivity index (χ2v) is 2.84. The smallest absolute Gasteiger partial charge is 0.120 e. The fourth-order valence-electron chi connectivity index (χ4n) is 0.949. The molecule has 0 aliphatic carbocycles. The fourth-order valence-corrected chi connectivity index (χ4v) is 0.949. The molecule has 2 heteroatoms. The molecule has 56 valence electrons. The summed E-state index contributed by atoms with van der Waals surface area (Å²) in [6.07, 6.45) is 0.963. The summed E-state index contributed by atoms with van der Waals surface area (Å²) in [4.78, 5) is 10.4. The molecule has 0 amide bonds. The lowest BCUT2D eigenvalue weighted by molar-refractivity contribution is -0.107. The van der Waals surface area contributed by atoms with Gasteiger partial charge in [0.2, 0.25) is 0 Å². The zero-order valence-electron chi connectivity index (χ0n) is 6.87. The van der Waals surface area contributed by atoms with E-state index in [4.69, 9.17) is 0 Å². The minimum Gasteiger partial charge on any atom is -0.304 e. The molecule has 0 heterocycles. The monoisotopic (exact) mass is 146 g/mol. The van der Waals surface area contributed by atoms with Crippen LogP contribution in [0.25, 0.3) is 0 Å². The van der Waals surface area contributed by atoms with E-state index in [1.54, 1.807) is 0 Å². The van der Waals surface area contributed by atoms with Gasteiger partial charge in [0, 0.05) is 5.82 Å². The minimum absolute atomic E-state index is 0.0237. The summed E-state index contributed by atoms with van der Waals surface area (Å²) >= 11 is 0. The molecule has 1 rings (SSSR count). The van der Waals surface area contributed by atoms with Gasteiger partial charge in [0.1, 0.15) is 14.1 Å². The first-order valence-electron chi connectivity index (χ1n) is 3.76. The van der Waals surface area contributed by atoms with Gasteiger partial charge in [-0.15, -0.1) is 0 Å². The topological polar surface area (TPSA) is 17.1 Å². The second-order valence-electron chi connectivity index (χ2n) is 2.84. The minimum atomic E-state index is 0.0237. The Balaban J connectivity index is 2.89. The van der Waals surface area contributed by atoms with Crippen molar-refractivity contribution in [3.8, 4) is 0 Å². The van der Waals surface area contributed by atoms with Gasteiger partial charge in [-0.25, -0.2) is 0 Å². The largest absolute Gasteiger partial charge is 0.304 e. The summed E-state index contributed by atoms with van der Waals surface area (Å²) in [6, 6.07) is 8.04. The van der Waals surface area contributed by atoms with E-state index in [-0.39, 0.29) is 5.82 Å². The van der Waals surface area contributed by atoms with Gasteiger partial charge in [0.05, 0.1) is 0 Å². The number of carbonyl (C=O) groups excluding carboxylic acids is 1. The molecule has 1 aromatic carbocycles. The summed E-state index contributed by atoms with van der Waals surface area (Å²) < 4.78 is 0. The summed E-state index contributed by atoms with van der Waals surface area (Å²) in [5.74, 6) is 0.0237. The second kappa shape index (κ2) is 3.38. The molecule has 0 saturated heterocycles. The highest BCUT2D eigenvalue weighted by molar-refractivity contribution is 6.20. The van der Waals surface area contributed by atoms with Gasteiger partial charge in [0.15, 0.2) is 0 Å². The van der Waals surface area contributed by atoms with E-state index in [9.17, 15) is 4.79 Å².